The molecule has 2 heterocycles. The van der Waals surface area contributed by atoms with Gasteiger partial charge in [0.15, 0.2) is 0 Å². The lowest BCUT2D eigenvalue weighted by Gasteiger charge is -1.94. The van der Waals surface area contributed by atoms with Crippen molar-refractivity contribution in [2.45, 2.75) is 0 Å². The minimum atomic E-state index is 0.518. The molecule has 0 unspecified atom stereocenters. The van der Waals surface area contributed by atoms with Gasteiger partial charge in [0.1, 0.15) is 5.65 Å². The van der Waals surface area contributed by atoms with Crippen molar-refractivity contribution in [2.24, 2.45) is 5.73 Å². The zero-order valence-electron chi connectivity index (χ0n) is 7.50. The predicted molar refractivity (Wildman–Crippen MR) is 59.2 cm³/mol. The zero-order valence-corrected chi connectivity index (χ0v) is 8.25. The summed E-state index contributed by atoms with van der Waals surface area (Å²) in [5.41, 5.74) is 7.20. The first-order valence-corrected chi connectivity index (χ1v) is 4.69. The standard InChI is InChI=1S/C10H10ClN3/c11-8-3-5-13-10-9(8)7(6-14-10)2-1-4-12/h1-3,5-6H,4,12H2,(H,13,14). The molecule has 0 fully saturated rings. The van der Waals surface area contributed by atoms with E-state index in [-0.39, 0.29) is 0 Å². The van der Waals surface area contributed by atoms with E-state index in [1.807, 2.05) is 18.3 Å². The third-order valence-electron chi connectivity index (χ3n) is 1.99. The van der Waals surface area contributed by atoms with Crippen molar-refractivity contribution in [3.63, 3.8) is 0 Å². The van der Waals surface area contributed by atoms with Crippen LogP contribution >= 0.6 is 11.6 Å². The first-order valence-electron chi connectivity index (χ1n) is 4.31. The quantitative estimate of drug-likeness (QED) is 0.793. The molecule has 72 valence electrons. The third kappa shape index (κ3) is 1.52. The van der Waals surface area contributed by atoms with Crippen LogP contribution in [-0.2, 0) is 0 Å². The molecule has 0 radical (unpaired) electrons. The number of halogens is 1. The first-order chi connectivity index (χ1) is 6.83. The Bertz CT molecular complexity index is 473. The number of aromatic amines is 1. The summed E-state index contributed by atoms with van der Waals surface area (Å²) in [5, 5.41) is 1.65. The summed E-state index contributed by atoms with van der Waals surface area (Å²) in [6.45, 7) is 0.518. The van der Waals surface area contributed by atoms with Crippen molar-refractivity contribution in [3.8, 4) is 0 Å². The van der Waals surface area contributed by atoms with Gasteiger partial charge in [0.05, 0.1) is 5.02 Å². The SMILES string of the molecule is NCC=Cc1c[nH]c2nccc(Cl)c12. The normalized spacial score (nSPS) is 11.6. The number of rotatable bonds is 2. The van der Waals surface area contributed by atoms with Gasteiger partial charge in [-0.25, -0.2) is 4.98 Å². The summed E-state index contributed by atoms with van der Waals surface area (Å²) in [6.07, 6.45) is 7.37. The van der Waals surface area contributed by atoms with Gasteiger partial charge in [0.2, 0.25) is 0 Å². The van der Waals surface area contributed by atoms with Crippen LogP contribution < -0.4 is 5.73 Å². The zero-order chi connectivity index (χ0) is 9.97. The fourth-order valence-corrected chi connectivity index (χ4v) is 1.62. The van der Waals surface area contributed by atoms with Gasteiger partial charge in [-0.2, -0.15) is 0 Å². The van der Waals surface area contributed by atoms with Gasteiger partial charge < -0.3 is 10.7 Å². The third-order valence-corrected chi connectivity index (χ3v) is 2.30. The van der Waals surface area contributed by atoms with Crippen molar-refractivity contribution < 1.29 is 0 Å². The minimum absolute atomic E-state index is 0.518. The van der Waals surface area contributed by atoms with Crippen LogP contribution in [0.15, 0.2) is 24.5 Å². The van der Waals surface area contributed by atoms with Crippen molar-refractivity contribution >= 4 is 28.7 Å². The van der Waals surface area contributed by atoms with Crippen molar-refractivity contribution in [1.29, 1.82) is 0 Å². The number of fused-ring (bicyclic) bond motifs is 1. The van der Waals surface area contributed by atoms with Crippen LogP contribution in [0.4, 0.5) is 0 Å². The Labute approximate surface area is 86.6 Å². The Morgan fingerprint density at radius 2 is 2.43 bits per heavy atom. The number of hydrogen-bond donors (Lipinski definition) is 2. The summed E-state index contributed by atoms with van der Waals surface area (Å²) in [5.74, 6) is 0. The summed E-state index contributed by atoms with van der Waals surface area (Å²) in [6, 6.07) is 1.78. The van der Waals surface area contributed by atoms with Gasteiger partial charge in [-0.1, -0.05) is 23.8 Å². The Kier molecular flexibility index (Phi) is 2.52. The van der Waals surface area contributed by atoms with E-state index in [2.05, 4.69) is 9.97 Å². The van der Waals surface area contributed by atoms with Gasteiger partial charge in [-0.15, -0.1) is 0 Å². The van der Waals surface area contributed by atoms with Crippen LogP contribution in [0.5, 0.6) is 0 Å². The lowest BCUT2D eigenvalue weighted by molar-refractivity contribution is 1.26. The molecular formula is C10H10ClN3. The number of nitrogens with two attached hydrogens (primary N) is 1. The largest absolute Gasteiger partial charge is 0.345 e. The fourth-order valence-electron chi connectivity index (χ4n) is 1.37. The second kappa shape index (κ2) is 3.82. The Hall–Kier alpha value is -1.32. The highest BCUT2D eigenvalue weighted by Gasteiger charge is 2.04. The first kappa shape index (κ1) is 9.24. The highest BCUT2D eigenvalue weighted by atomic mass is 35.5. The molecule has 3 nitrogen and oxygen atoms in total. The lowest BCUT2D eigenvalue weighted by atomic mass is 10.2. The highest BCUT2D eigenvalue weighted by Crippen LogP contribution is 2.25. The van der Waals surface area contributed by atoms with E-state index >= 15 is 0 Å². The van der Waals surface area contributed by atoms with E-state index in [9.17, 15) is 0 Å². The number of nitrogens with one attached hydrogen (secondary N) is 1. The molecule has 0 aromatic carbocycles. The molecule has 0 spiro atoms. The number of H-pyrrole nitrogens is 1. The smallest absolute Gasteiger partial charge is 0.139 e. The average Bonchev–Trinajstić information content (AvgIpc) is 2.59. The minimum Gasteiger partial charge on any atom is -0.345 e. The molecule has 2 rings (SSSR count). The Morgan fingerprint density at radius 1 is 1.57 bits per heavy atom. The summed E-state index contributed by atoms with van der Waals surface area (Å²) >= 11 is 6.06. The van der Waals surface area contributed by atoms with Crippen LogP contribution in [0.3, 0.4) is 0 Å². The highest BCUT2D eigenvalue weighted by molar-refractivity contribution is 6.35. The maximum Gasteiger partial charge on any atom is 0.139 e. The molecule has 0 aliphatic rings. The van der Waals surface area contributed by atoms with E-state index < -0.39 is 0 Å². The van der Waals surface area contributed by atoms with E-state index in [1.54, 1.807) is 12.3 Å². The van der Waals surface area contributed by atoms with E-state index in [1.165, 1.54) is 0 Å². The molecular weight excluding hydrogens is 198 g/mol. The number of nitrogens with zero attached hydrogens (tertiary/aromatic N) is 1. The molecule has 0 saturated carbocycles. The maximum atomic E-state index is 6.06. The summed E-state index contributed by atoms with van der Waals surface area (Å²) in [4.78, 5) is 7.22. The van der Waals surface area contributed by atoms with Crippen molar-refractivity contribution in [3.05, 3.63) is 35.1 Å². The summed E-state index contributed by atoms with van der Waals surface area (Å²) < 4.78 is 0. The summed E-state index contributed by atoms with van der Waals surface area (Å²) in [7, 11) is 0. The van der Waals surface area contributed by atoms with Gasteiger partial charge in [0.25, 0.3) is 0 Å². The number of hydrogen-bond acceptors (Lipinski definition) is 2. The van der Waals surface area contributed by atoms with E-state index in [0.717, 1.165) is 16.6 Å². The molecule has 0 aliphatic heterocycles. The van der Waals surface area contributed by atoms with Gasteiger partial charge in [0, 0.05) is 29.9 Å². The van der Waals surface area contributed by atoms with Crippen LogP contribution in [-0.4, -0.2) is 16.5 Å². The molecule has 0 saturated heterocycles. The molecule has 14 heavy (non-hydrogen) atoms. The molecule has 4 heteroatoms. The van der Waals surface area contributed by atoms with E-state index in [0.29, 0.717) is 11.6 Å². The molecule has 3 N–H and O–H groups in total. The molecule has 2 aromatic rings. The Morgan fingerprint density at radius 3 is 3.21 bits per heavy atom. The van der Waals surface area contributed by atoms with Crippen molar-refractivity contribution in [2.75, 3.05) is 6.54 Å². The van der Waals surface area contributed by atoms with Crippen LogP contribution in [0, 0.1) is 0 Å². The van der Waals surface area contributed by atoms with E-state index in [4.69, 9.17) is 17.3 Å². The van der Waals surface area contributed by atoms with Gasteiger partial charge in [-0.3, -0.25) is 0 Å². The lowest BCUT2D eigenvalue weighted by Crippen LogP contribution is -1.91. The maximum absolute atomic E-state index is 6.06. The second-order valence-corrected chi connectivity index (χ2v) is 3.31. The number of pyridine rings is 1. The molecule has 2 aromatic heterocycles. The van der Waals surface area contributed by atoms with Crippen LogP contribution in [0.1, 0.15) is 5.56 Å². The van der Waals surface area contributed by atoms with Crippen LogP contribution in [0.2, 0.25) is 5.02 Å². The molecule has 0 aliphatic carbocycles. The fraction of sp³-hybridized carbons (Fsp3) is 0.100. The van der Waals surface area contributed by atoms with Gasteiger partial charge in [-0.05, 0) is 6.07 Å². The molecule has 0 atom stereocenters. The topological polar surface area (TPSA) is 54.7 Å². The predicted octanol–water partition coefficient (Wildman–Crippen LogP) is 2.19. The molecule has 0 bridgehead atoms. The van der Waals surface area contributed by atoms with Crippen LogP contribution in [0.25, 0.3) is 17.1 Å². The number of aromatic nitrogens is 2. The second-order valence-electron chi connectivity index (χ2n) is 2.90. The van der Waals surface area contributed by atoms with Crippen molar-refractivity contribution in [1.82, 2.24) is 9.97 Å². The van der Waals surface area contributed by atoms with Gasteiger partial charge >= 0.3 is 0 Å². The Balaban J connectivity index is 2.61. The molecule has 0 amide bonds. The average molecular weight is 208 g/mol. The monoisotopic (exact) mass is 207 g/mol.